The Labute approximate surface area is 126 Å². The number of nitrogens with one attached hydrogen (secondary N) is 1. The van der Waals surface area contributed by atoms with Gasteiger partial charge in [0.25, 0.3) is 11.5 Å². The van der Waals surface area contributed by atoms with Crippen molar-refractivity contribution in [3.8, 4) is 0 Å². The molecule has 0 bridgehead atoms. The maximum atomic E-state index is 12.3. The van der Waals surface area contributed by atoms with Crippen LogP contribution in [-0.2, 0) is 16.5 Å². The first-order valence-corrected chi connectivity index (χ1v) is 6.97. The summed E-state index contributed by atoms with van der Waals surface area (Å²) in [7, 11) is 3.23. The van der Waals surface area contributed by atoms with E-state index in [4.69, 9.17) is 9.47 Å². The van der Waals surface area contributed by atoms with Crippen LogP contribution in [0.15, 0.2) is 29.3 Å². The summed E-state index contributed by atoms with van der Waals surface area (Å²) in [5.74, 6) is -0.234. The zero-order chi connectivity index (χ0) is 15.7. The molecule has 0 radical (unpaired) electrons. The van der Waals surface area contributed by atoms with Crippen LogP contribution in [0.3, 0.4) is 0 Å². The molecular formula is C15H17N3O4. The minimum Gasteiger partial charge on any atom is -0.377 e. The molecule has 2 heterocycles. The van der Waals surface area contributed by atoms with Gasteiger partial charge in [0.2, 0.25) is 0 Å². The molecule has 1 aliphatic rings. The number of hydrogen-bond acceptors (Lipinski definition) is 5. The van der Waals surface area contributed by atoms with Crippen LogP contribution < -0.4 is 10.9 Å². The molecule has 3 rings (SSSR count). The zero-order valence-electron chi connectivity index (χ0n) is 12.4. The van der Waals surface area contributed by atoms with Gasteiger partial charge in [-0.05, 0) is 18.2 Å². The van der Waals surface area contributed by atoms with E-state index in [-0.39, 0.29) is 23.6 Å². The van der Waals surface area contributed by atoms with Gasteiger partial charge in [0.1, 0.15) is 6.10 Å². The lowest BCUT2D eigenvalue weighted by molar-refractivity contribution is 0.0685. The van der Waals surface area contributed by atoms with Gasteiger partial charge in [0, 0.05) is 19.7 Å². The van der Waals surface area contributed by atoms with Crippen molar-refractivity contribution in [3.05, 3.63) is 40.4 Å². The van der Waals surface area contributed by atoms with Gasteiger partial charge >= 0.3 is 0 Å². The van der Waals surface area contributed by atoms with Gasteiger partial charge < -0.3 is 19.4 Å². The van der Waals surface area contributed by atoms with E-state index in [2.05, 4.69) is 10.3 Å². The molecule has 1 aromatic carbocycles. The van der Waals surface area contributed by atoms with Gasteiger partial charge in [-0.25, -0.2) is 4.98 Å². The summed E-state index contributed by atoms with van der Waals surface area (Å²) in [6, 6.07) is 4.69. The highest BCUT2D eigenvalue weighted by molar-refractivity contribution is 5.97. The van der Waals surface area contributed by atoms with Crippen molar-refractivity contribution in [1.82, 2.24) is 14.9 Å². The van der Waals surface area contributed by atoms with Crippen LogP contribution in [-0.4, -0.2) is 47.9 Å². The number of nitrogens with zero attached hydrogens (tertiary/aromatic N) is 2. The Bertz CT molecular complexity index is 771. The second kappa shape index (κ2) is 5.86. The molecule has 0 spiro atoms. The third-order valence-corrected chi connectivity index (χ3v) is 3.83. The van der Waals surface area contributed by atoms with Crippen LogP contribution in [0.1, 0.15) is 10.4 Å². The van der Waals surface area contributed by atoms with Crippen molar-refractivity contribution in [2.75, 3.05) is 20.3 Å². The number of carbonyl (C=O) groups is 1. The predicted octanol–water partition coefficient (Wildman–Crippen LogP) is 0.0771. The van der Waals surface area contributed by atoms with Crippen molar-refractivity contribution >= 4 is 16.8 Å². The molecule has 22 heavy (non-hydrogen) atoms. The average Bonchev–Trinajstić information content (AvgIpc) is 2.97. The van der Waals surface area contributed by atoms with E-state index in [0.29, 0.717) is 29.7 Å². The molecule has 2 atom stereocenters. The minimum absolute atomic E-state index is 0.138. The Kier molecular flexibility index (Phi) is 3.91. The maximum absolute atomic E-state index is 12.3. The Morgan fingerprint density at radius 1 is 1.45 bits per heavy atom. The lowest BCUT2D eigenvalue weighted by atomic mass is 10.1. The van der Waals surface area contributed by atoms with Crippen LogP contribution in [0.5, 0.6) is 0 Å². The minimum atomic E-state index is -0.234. The molecule has 116 valence electrons. The molecule has 1 fully saturated rings. The summed E-state index contributed by atoms with van der Waals surface area (Å²) in [4.78, 5) is 28.5. The number of aryl methyl sites for hydroxylation is 1. The van der Waals surface area contributed by atoms with Crippen molar-refractivity contribution in [2.45, 2.75) is 12.1 Å². The van der Waals surface area contributed by atoms with Crippen molar-refractivity contribution < 1.29 is 14.3 Å². The fourth-order valence-electron chi connectivity index (χ4n) is 2.51. The molecule has 1 amide bonds. The highest BCUT2D eigenvalue weighted by Gasteiger charge is 2.29. The van der Waals surface area contributed by atoms with E-state index < -0.39 is 0 Å². The highest BCUT2D eigenvalue weighted by Crippen LogP contribution is 2.13. The molecule has 2 aromatic rings. The Hall–Kier alpha value is -2.25. The van der Waals surface area contributed by atoms with Crippen LogP contribution >= 0.6 is 0 Å². The summed E-state index contributed by atoms with van der Waals surface area (Å²) in [6.45, 7) is 0.896. The first-order valence-electron chi connectivity index (χ1n) is 6.97. The predicted molar refractivity (Wildman–Crippen MR) is 79.9 cm³/mol. The summed E-state index contributed by atoms with van der Waals surface area (Å²) >= 11 is 0. The van der Waals surface area contributed by atoms with Crippen LogP contribution in [0.4, 0.5) is 0 Å². The fraction of sp³-hybridized carbons (Fsp3) is 0.400. The first-order chi connectivity index (χ1) is 10.6. The van der Waals surface area contributed by atoms with Gasteiger partial charge in [0.05, 0.1) is 36.5 Å². The monoisotopic (exact) mass is 303 g/mol. The number of amides is 1. The number of aromatic nitrogens is 2. The second-order valence-corrected chi connectivity index (χ2v) is 5.28. The third kappa shape index (κ3) is 2.60. The van der Waals surface area contributed by atoms with Crippen molar-refractivity contribution in [1.29, 1.82) is 0 Å². The number of benzene rings is 1. The van der Waals surface area contributed by atoms with Crippen LogP contribution in [0, 0.1) is 0 Å². The molecular weight excluding hydrogens is 286 g/mol. The molecule has 7 nitrogen and oxygen atoms in total. The standard InChI is InChI=1S/C15H17N3O4/c1-18-8-16-11-5-9(3-4-10(11)15(18)20)14(19)17-12-6-22-7-13(12)21-2/h3-5,8,12-13H,6-7H2,1-2H3,(H,17,19)/t12-,13-/m0/s1. The highest BCUT2D eigenvalue weighted by atomic mass is 16.5. The number of hydrogen-bond donors (Lipinski definition) is 1. The average molecular weight is 303 g/mol. The Balaban J connectivity index is 1.85. The molecule has 7 heteroatoms. The molecule has 0 saturated carbocycles. The van der Waals surface area contributed by atoms with Gasteiger partial charge in [-0.2, -0.15) is 0 Å². The zero-order valence-corrected chi connectivity index (χ0v) is 12.4. The number of fused-ring (bicyclic) bond motifs is 1. The van der Waals surface area contributed by atoms with E-state index in [1.807, 2.05) is 0 Å². The normalized spacial score (nSPS) is 21.2. The third-order valence-electron chi connectivity index (χ3n) is 3.83. The SMILES string of the molecule is CO[C@H]1COC[C@@H]1NC(=O)c1ccc2c(=O)n(C)cnc2c1. The van der Waals surface area contributed by atoms with E-state index in [1.54, 1.807) is 32.4 Å². The quantitative estimate of drug-likeness (QED) is 0.868. The largest absolute Gasteiger partial charge is 0.377 e. The number of methoxy groups -OCH3 is 1. The number of ether oxygens (including phenoxy) is 2. The topological polar surface area (TPSA) is 82.5 Å². The first kappa shape index (κ1) is 14.7. The van der Waals surface area contributed by atoms with Gasteiger partial charge in [0.15, 0.2) is 0 Å². The fourth-order valence-corrected chi connectivity index (χ4v) is 2.51. The second-order valence-electron chi connectivity index (χ2n) is 5.28. The maximum Gasteiger partial charge on any atom is 0.260 e. The number of carbonyl (C=O) groups excluding carboxylic acids is 1. The summed E-state index contributed by atoms with van der Waals surface area (Å²) in [6.07, 6.45) is 1.30. The van der Waals surface area contributed by atoms with Crippen molar-refractivity contribution in [2.24, 2.45) is 7.05 Å². The van der Waals surface area contributed by atoms with Crippen LogP contribution in [0.2, 0.25) is 0 Å². The van der Waals surface area contributed by atoms with Gasteiger partial charge in [-0.3, -0.25) is 9.59 Å². The number of rotatable bonds is 3. The van der Waals surface area contributed by atoms with Gasteiger partial charge in [-0.15, -0.1) is 0 Å². The van der Waals surface area contributed by atoms with E-state index >= 15 is 0 Å². The van der Waals surface area contributed by atoms with Crippen LogP contribution in [0.25, 0.3) is 10.9 Å². The lowest BCUT2D eigenvalue weighted by Gasteiger charge is -2.17. The van der Waals surface area contributed by atoms with Gasteiger partial charge in [-0.1, -0.05) is 0 Å². The van der Waals surface area contributed by atoms with Crippen molar-refractivity contribution in [3.63, 3.8) is 0 Å². The molecule has 0 unspecified atom stereocenters. The van der Waals surface area contributed by atoms with E-state index in [9.17, 15) is 9.59 Å². The molecule has 1 N–H and O–H groups in total. The Morgan fingerprint density at radius 3 is 3.05 bits per heavy atom. The summed E-state index contributed by atoms with van der Waals surface area (Å²) in [5.41, 5.74) is 0.817. The molecule has 0 aliphatic carbocycles. The Morgan fingerprint density at radius 2 is 2.27 bits per heavy atom. The summed E-state index contributed by atoms with van der Waals surface area (Å²) < 4.78 is 12.0. The molecule has 1 aromatic heterocycles. The molecule has 1 saturated heterocycles. The molecule has 1 aliphatic heterocycles. The smallest absolute Gasteiger partial charge is 0.260 e. The van der Waals surface area contributed by atoms with E-state index in [0.717, 1.165) is 0 Å². The lowest BCUT2D eigenvalue weighted by Crippen LogP contribution is -2.43. The van der Waals surface area contributed by atoms with E-state index in [1.165, 1.54) is 10.9 Å². The summed E-state index contributed by atoms with van der Waals surface area (Å²) in [5, 5.41) is 3.37.